The summed E-state index contributed by atoms with van der Waals surface area (Å²) in [6.45, 7) is 6.49. The van der Waals surface area contributed by atoms with E-state index in [1.165, 1.54) is 16.3 Å². The first kappa shape index (κ1) is 31.0. The molecule has 8 aromatic rings. The highest BCUT2D eigenvalue weighted by molar-refractivity contribution is 6.00. The molecule has 7 aromatic carbocycles. The smallest absolute Gasteiger partial charge is 0.147 e. The Balaban J connectivity index is 1.29. The SMILES string of the molecule is CC(C)(C)c1ccc(O)c(C=Nc2ccccc2-c2nc3c(-c4cccc(-c5cccc6ccccc56)c4)cccc3n2-c2ccccc2)c1. The van der Waals surface area contributed by atoms with E-state index in [4.69, 9.17) is 9.98 Å². The summed E-state index contributed by atoms with van der Waals surface area (Å²) in [5, 5.41) is 13.2. The van der Waals surface area contributed by atoms with Crippen LogP contribution in [0.4, 0.5) is 5.69 Å². The van der Waals surface area contributed by atoms with E-state index in [-0.39, 0.29) is 11.2 Å². The fourth-order valence-electron chi connectivity index (χ4n) is 6.72. The van der Waals surface area contributed by atoms with Crippen molar-refractivity contribution in [3.8, 4) is 45.1 Å². The molecule has 0 atom stereocenters. The monoisotopic (exact) mass is 647 g/mol. The molecule has 4 heteroatoms. The number of aromatic nitrogens is 2. The standard InChI is InChI=1S/C46H37N3O/c1-46(2,3)35-26-27-43(50)34(29-35)30-47-41-24-10-9-21-40(41)45-48-44-39(23-13-25-42(44)49(45)36-18-5-4-6-19-36)33-17-11-16-32(28-33)38-22-12-15-31-14-7-8-20-37(31)38/h4-30,50H,1-3H3. The third-order valence-electron chi connectivity index (χ3n) is 9.35. The summed E-state index contributed by atoms with van der Waals surface area (Å²) in [4.78, 5) is 10.4. The Labute approximate surface area is 292 Å². The lowest BCUT2D eigenvalue weighted by molar-refractivity contribution is 0.473. The van der Waals surface area contributed by atoms with E-state index < -0.39 is 0 Å². The largest absolute Gasteiger partial charge is 0.507 e. The van der Waals surface area contributed by atoms with Crippen LogP contribution in [0.3, 0.4) is 0 Å². The zero-order chi connectivity index (χ0) is 34.2. The molecule has 4 nitrogen and oxygen atoms in total. The molecule has 0 bridgehead atoms. The molecule has 50 heavy (non-hydrogen) atoms. The minimum atomic E-state index is -0.0547. The second-order valence-electron chi connectivity index (χ2n) is 13.7. The number of aliphatic imine (C=N–C) groups is 1. The molecule has 0 aliphatic carbocycles. The van der Waals surface area contributed by atoms with E-state index >= 15 is 0 Å². The predicted molar refractivity (Wildman–Crippen MR) is 209 cm³/mol. The van der Waals surface area contributed by atoms with Crippen LogP contribution in [-0.4, -0.2) is 20.9 Å². The molecule has 0 aliphatic heterocycles. The molecule has 1 heterocycles. The molecule has 0 saturated heterocycles. The average molecular weight is 648 g/mol. The fourth-order valence-corrected chi connectivity index (χ4v) is 6.72. The van der Waals surface area contributed by atoms with Gasteiger partial charge in [-0.15, -0.1) is 0 Å². The van der Waals surface area contributed by atoms with Gasteiger partial charge in [0.2, 0.25) is 0 Å². The van der Waals surface area contributed by atoms with Crippen molar-refractivity contribution in [3.05, 3.63) is 169 Å². The van der Waals surface area contributed by atoms with Crippen molar-refractivity contribution in [2.45, 2.75) is 26.2 Å². The maximum atomic E-state index is 10.7. The van der Waals surface area contributed by atoms with Crippen molar-refractivity contribution >= 4 is 33.7 Å². The number of hydrogen-bond acceptors (Lipinski definition) is 3. The molecule has 1 aromatic heterocycles. The van der Waals surface area contributed by atoms with Gasteiger partial charge in [0.1, 0.15) is 11.6 Å². The van der Waals surface area contributed by atoms with Crippen molar-refractivity contribution in [2.75, 3.05) is 0 Å². The van der Waals surface area contributed by atoms with Crippen molar-refractivity contribution in [1.82, 2.24) is 9.55 Å². The van der Waals surface area contributed by atoms with Gasteiger partial charge < -0.3 is 5.11 Å². The number of imidazole rings is 1. The van der Waals surface area contributed by atoms with Gasteiger partial charge in [-0.25, -0.2) is 4.98 Å². The van der Waals surface area contributed by atoms with Crippen molar-refractivity contribution in [3.63, 3.8) is 0 Å². The van der Waals surface area contributed by atoms with Crippen molar-refractivity contribution < 1.29 is 5.11 Å². The zero-order valence-corrected chi connectivity index (χ0v) is 28.4. The number of benzene rings is 7. The maximum absolute atomic E-state index is 10.7. The number of para-hydroxylation sites is 3. The Morgan fingerprint density at radius 1 is 0.620 bits per heavy atom. The third-order valence-corrected chi connectivity index (χ3v) is 9.35. The van der Waals surface area contributed by atoms with Crippen LogP contribution < -0.4 is 0 Å². The zero-order valence-electron chi connectivity index (χ0n) is 28.4. The van der Waals surface area contributed by atoms with Crippen LogP contribution in [0.2, 0.25) is 0 Å². The Morgan fingerprint density at radius 3 is 2.12 bits per heavy atom. The van der Waals surface area contributed by atoms with E-state index in [0.717, 1.165) is 56.0 Å². The third kappa shape index (κ3) is 5.75. The summed E-state index contributed by atoms with van der Waals surface area (Å²) < 4.78 is 2.22. The van der Waals surface area contributed by atoms with E-state index in [9.17, 15) is 5.11 Å². The second kappa shape index (κ2) is 12.6. The molecule has 1 N–H and O–H groups in total. The van der Waals surface area contributed by atoms with Gasteiger partial charge in [-0.1, -0.05) is 130 Å². The Morgan fingerprint density at radius 2 is 1.28 bits per heavy atom. The average Bonchev–Trinajstić information content (AvgIpc) is 3.54. The number of hydrogen-bond donors (Lipinski definition) is 1. The summed E-state index contributed by atoms with van der Waals surface area (Å²) in [5.74, 6) is 0.996. The van der Waals surface area contributed by atoms with E-state index in [1.54, 1.807) is 12.3 Å². The molecule has 0 fully saturated rings. The first-order valence-corrected chi connectivity index (χ1v) is 17.0. The molecular weight excluding hydrogens is 611 g/mol. The van der Waals surface area contributed by atoms with Gasteiger partial charge in [-0.05, 0) is 87.0 Å². The van der Waals surface area contributed by atoms with Gasteiger partial charge in [-0.2, -0.15) is 0 Å². The number of phenolic OH excluding ortho intramolecular Hbond substituents is 1. The Kier molecular flexibility index (Phi) is 7.85. The van der Waals surface area contributed by atoms with Crippen LogP contribution >= 0.6 is 0 Å². The number of aromatic hydroxyl groups is 1. The first-order chi connectivity index (χ1) is 24.3. The van der Waals surface area contributed by atoms with Crippen LogP contribution in [0, 0.1) is 0 Å². The van der Waals surface area contributed by atoms with Crippen molar-refractivity contribution in [1.29, 1.82) is 0 Å². The lowest BCUT2D eigenvalue weighted by Crippen LogP contribution is -2.11. The predicted octanol–water partition coefficient (Wildman–Crippen LogP) is 11.9. The van der Waals surface area contributed by atoms with Gasteiger partial charge in [0.15, 0.2) is 0 Å². The molecule has 0 unspecified atom stereocenters. The van der Waals surface area contributed by atoms with Gasteiger partial charge in [-0.3, -0.25) is 9.56 Å². The van der Waals surface area contributed by atoms with Crippen molar-refractivity contribution in [2.24, 2.45) is 4.99 Å². The van der Waals surface area contributed by atoms with Crippen LogP contribution in [0.25, 0.3) is 61.1 Å². The molecule has 0 spiro atoms. The topological polar surface area (TPSA) is 50.4 Å². The first-order valence-electron chi connectivity index (χ1n) is 17.0. The molecule has 0 radical (unpaired) electrons. The molecule has 242 valence electrons. The minimum absolute atomic E-state index is 0.0547. The summed E-state index contributed by atoms with van der Waals surface area (Å²) >= 11 is 0. The molecule has 8 rings (SSSR count). The van der Waals surface area contributed by atoms with Gasteiger partial charge in [0.25, 0.3) is 0 Å². The second-order valence-corrected chi connectivity index (χ2v) is 13.7. The summed E-state index contributed by atoms with van der Waals surface area (Å²) in [6, 6.07) is 54.4. The molecule has 0 amide bonds. The number of rotatable bonds is 6. The maximum Gasteiger partial charge on any atom is 0.147 e. The number of nitrogens with zero attached hydrogens (tertiary/aromatic N) is 3. The summed E-state index contributed by atoms with van der Waals surface area (Å²) in [5.41, 5.74) is 10.9. The van der Waals surface area contributed by atoms with E-state index in [2.05, 4.69) is 141 Å². The van der Waals surface area contributed by atoms with Gasteiger partial charge in [0, 0.05) is 28.6 Å². The van der Waals surface area contributed by atoms with Crippen LogP contribution in [0.15, 0.2) is 163 Å². The molecular formula is C46H37N3O. The lowest BCUT2D eigenvalue weighted by Gasteiger charge is -2.19. The Bertz CT molecular complexity index is 2530. The lowest BCUT2D eigenvalue weighted by atomic mass is 9.86. The van der Waals surface area contributed by atoms with Gasteiger partial charge >= 0.3 is 0 Å². The van der Waals surface area contributed by atoms with Crippen LogP contribution in [-0.2, 0) is 5.41 Å². The summed E-state index contributed by atoms with van der Waals surface area (Å²) in [7, 11) is 0. The van der Waals surface area contributed by atoms with Gasteiger partial charge in [0.05, 0.1) is 16.7 Å². The highest BCUT2D eigenvalue weighted by atomic mass is 16.3. The minimum Gasteiger partial charge on any atom is -0.507 e. The Hall–Kier alpha value is -6.26. The highest BCUT2D eigenvalue weighted by Gasteiger charge is 2.20. The normalized spacial score (nSPS) is 11.9. The fraction of sp³-hybridized carbons (Fsp3) is 0.0870. The molecule has 0 aliphatic rings. The quantitative estimate of drug-likeness (QED) is 0.183. The van der Waals surface area contributed by atoms with E-state index in [1.807, 2.05) is 36.4 Å². The van der Waals surface area contributed by atoms with E-state index in [0.29, 0.717) is 5.56 Å². The highest BCUT2D eigenvalue weighted by Crippen LogP contribution is 2.39. The van der Waals surface area contributed by atoms with Crippen LogP contribution in [0.5, 0.6) is 5.75 Å². The van der Waals surface area contributed by atoms with Crippen LogP contribution in [0.1, 0.15) is 31.9 Å². The number of phenols is 1. The number of fused-ring (bicyclic) bond motifs is 2. The summed E-state index contributed by atoms with van der Waals surface area (Å²) in [6.07, 6.45) is 1.75. The molecule has 0 saturated carbocycles.